The number of ether oxygens (including phenoxy) is 3. The Hall–Kier alpha value is -3.92. The van der Waals surface area contributed by atoms with Crippen molar-refractivity contribution in [1.29, 1.82) is 0 Å². The molecular weight excluding hydrogens is 673 g/mol. The Morgan fingerprint density at radius 1 is 0.604 bits per heavy atom. The van der Waals surface area contributed by atoms with Crippen molar-refractivity contribution in [2.45, 2.75) is 155 Å². The topological polar surface area (TPSA) is 44.8 Å². The van der Waals surface area contributed by atoms with Gasteiger partial charge >= 0.3 is 5.97 Å². The summed E-state index contributed by atoms with van der Waals surface area (Å²) >= 11 is 0. The highest BCUT2D eigenvalue weighted by molar-refractivity contribution is 5.91. The van der Waals surface area contributed by atoms with Gasteiger partial charge in [-0.2, -0.15) is 4.39 Å². The van der Waals surface area contributed by atoms with Gasteiger partial charge in [0.15, 0.2) is 23.1 Å². The Labute approximate surface area is 317 Å². The van der Waals surface area contributed by atoms with Crippen LogP contribution in [0, 0.1) is 29.3 Å². The monoisotopic (exact) mass is 734 g/mol. The summed E-state index contributed by atoms with van der Waals surface area (Å²) in [6.07, 6.45) is 24.0. The predicted molar refractivity (Wildman–Crippen MR) is 209 cm³/mol. The Bertz CT molecular complexity index is 1540. The van der Waals surface area contributed by atoms with E-state index >= 15 is 0 Å². The standard InChI is InChI=1S/C46H61F3O4/c1-4-6-8-10-11-12-13-14-15-16-17-18-19-20-22-34-51-43-33-31-40(44(48)45(43)49)46(50)53-39-29-26-37(27-30-39)24-25-38-28-32-42(41(47)35-38)52-36(3)23-21-9-7-5-2/h26-33,35-36H,4-23,34H2,1-3H3. The van der Waals surface area contributed by atoms with Crippen molar-refractivity contribution in [2.75, 3.05) is 6.61 Å². The van der Waals surface area contributed by atoms with Gasteiger partial charge in [-0.1, -0.05) is 135 Å². The lowest BCUT2D eigenvalue weighted by molar-refractivity contribution is 0.0728. The molecule has 0 fully saturated rings. The number of rotatable bonds is 26. The number of hydrogen-bond donors (Lipinski definition) is 0. The second-order valence-electron chi connectivity index (χ2n) is 14.1. The molecular formula is C46H61F3O4. The third-order valence-corrected chi connectivity index (χ3v) is 9.41. The Kier molecular flexibility index (Phi) is 21.3. The second kappa shape index (κ2) is 26.0. The zero-order valence-corrected chi connectivity index (χ0v) is 32.4. The SMILES string of the molecule is CCCCCCCCCCCCCCCCCOc1ccc(C(=O)Oc2ccc(C#Cc3ccc(OC(C)CCCCCC)c(F)c3)cc2)c(F)c1F. The molecule has 3 aromatic carbocycles. The molecule has 0 aliphatic rings. The number of carbonyl (C=O) groups is 1. The summed E-state index contributed by atoms with van der Waals surface area (Å²) < 4.78 is 60.8. The van der Waals surface area contributed by atoms with Crippen LogP contribution >= 0.6 is 0 Å². The van der Waals surface area contributed by atoms with Crippen molar-refractivity contribution in [1.82, 2.24) is 0 Å². The van der Waals surface area contributed by atoms with Gasteiger partial charge in [-0.15, -0.1) is 0 Å². The van der Waals surface area contributed by atoms with E-state index in [9.17, 15) is 18.0 Å². The Morgan fingerprint density at radius 3 is 1.70 bits per heavy atom. The van der Waals surface area contributed by atoms with Crippen molar-refractivity contribution in [3.05, 3.63) is 88.7 Å². The fourth-order valence-electron chi connectivity index (χ4n) is 6.18. The van der Waals surface area contributed by atoms with E-state index in [0.29, 0.717) is 11.1 Å². The van der Waals surface area contributed by atoms with Crippen LogP contribution in [0.2, 0.25) is 0 Å². The quantitative estimate of drug-likeness (QED) is 0.0356. The van der Waals surface area contributed by atoms with Crippen molar-refractivity contribution >= 4 is 5.97 Å². The van der Waals surface area contributed by atoms with Crippen LogP contribution in [0.5, 0.6) is 17.2 Å². The van der Waals surface area contributed by atoms with Crippen LogP contribution in [0.4, 0.5) is 13.2 Å². The Morgan fingerprint density at radius 2 is 1.11 bits per heavy atom. The van der Waals surface area contributed by atoms with Crippen molar-refractivity contribution in [2.24, 2.45) is 0 Å². The van der Waals surface area contributed by atoms with Gasteiger partial charge < -0.3 is 14.2 Å². The summed E-state index contributed by atoms with van der Waals surface area (Å²) in [6.45, 7) is 6.64. The molecule has 0 N–H and O–H groups in total. The molecule has 0 aliphatic carbocycles. The van der Waals surface area contributed by atoms with Gasteiger partial charge in [-0.3, -0.25) is 0 Å². The molecule has 3 rings (SSSR count). The molecule has 0 aromatic heterocycles. The van der Waals surface area contributed by atoms with E-state index in [4.69, 9.17) is 14.2 Å². The fraction of sp³-hybridized carbons (Fsp3) is 0.543. The highest BCUT2D eigenvalue weighted by Gasteiger charge is 2.21. The van der Waals surface area contributed by atoms with Gasteiger partial charge in [-0.25, -0.2) is 13.6 Å². The second-order valence-corrected chi connectivity index (χ2v) is 14.1. The summed E-state index contributed by atoms with van der Waals surface area (Å²) in [5, 5.41) is 0. The highest BCUT2D eigenvalue weighted by Crippen LogP contribution is 2.25. The smallest absolute Gasteiger partial charge is 0.346 e. The molecule has 0 aliphatic heterocycles. The summed E-state index contributed by atoms with van der Waals surface area (Å²) in [5.41, 5.74) is 0.561. The molecule has 1 atom stereocenters. The first kappa shape index (κ1) is 43.5. The van der Waals surface area contributed by atoms with Gasteiger partial charge in [0.05, 0.1) is 18.3 Å². The maximum absolute atomic E-state index is 14.8. The zero-order chi connectivity index (χ0) is 38.1. The van der Waals surface area contributed by atoms with Crippen molar-refractivity contribution in [3.63, 3.8) is 0 Å². The van der Waals surface area contributed by atoms with E-state index in [1.165, 1.54) is 120 Å². The molecule has 0 saturated heterocycles. The summed E-state index contributed by atoms with van der Waals surface area (Å²) in [6, 6.07) is 13.3. The van der Waals surface area contributed by atoms with Crippen molar-refractivity contribution < 1.29 is 32.2 Å². The molecule has 0 radical (unpaired) electrons. The average molecular weight is 735 g/mol. The van der Waals surface area contributed by atoms with Crippen LogP contribution in [-0.4, -0.2) is 18.7 Å². The third-order valence-electron chi connectivity index (χ3n) is 9.41. The predicted octanol–water partition coefficient (Wildman–Crippen LogP) is 13.7. The van der Waals surface area contributed by atoms with E-state index in [0.717, 1.165) is 38.5 Å². The minimum Gasteiger partial charge on any atom is -0.490 e. The number of hydrogen-bond acceptors (Lipinski definition) is 4. The molecule has 0 saturated carbocycles. The number of benzene rings is 3. The van der Waals surface area contributed by atoms with E-state index in [2.05, 4.69) is 25.7 Å². The third kappa shape index (κ3) is 17.2. The first-order valence-electron chi connectivity index (χ1n) is 20.2. The van der Waals surface area contributed by atoms with Crippen LogP contribution in [0.1, 0.15) is 171 Å². The number of esters is 1. The zero-order valence-electron chi connectivity index (χ0n) is 32.4. The van der Waals surface area contributed by atoms with Crippen LogP contribution in [0.25, 0.3) is 0 Å². The van der Waals surface area contributed by atoms with Gasteiger partial charge in [0.1, 0.15) is 5.75 Å². The lowest BCUT2D eigenvalue weighted by atomic mass is 10.0. The fourth-order valence-corrected chi connectivity index (χ4v) is 6.18. The summed E-state index contributed by atoms with van der Waals surface area (Å²) in [4.78, 5) is 12.7. The van der Waals surface area contributed by atoms with Gasteiger partial charge in [0.2, 0.25) is 5.82 Å². The summed E-state index contributed by atoms with van der Waals surface area (Å²) in [7, 11) is 0. The lowest BCUT2D eigenvalue weighted by Crippen LogP contribution is -2.12. The average Bonchev–Trinajstić information content (AvgIpc) is 3.15. The lowest BCUT2D eigenvalue weighted by Gasteiger charge is -2.15. The molecule has 0 bridgehead atoms. The number of carbonyl (C=O) groups excluding carboxylic acids is 1. The van der Waals surface area contributed by atoms with Gasteiger partial charge in [0.25, 0.3) is 0 Å². The largest absolute Gasteiger partial charge is 0.490 e. The van der Waals surface area contributed by atoms with Gasteiger partial charge in [-0.05, 0) is 80.8 Å². The minimum absolute atomic E-state index is 0.0757. The summed E-state index contributed by atoms with van der Waals surface area (Å²) in [5.74, 6) is 1.99. The molecule has 3 aromatic rings. The molecule has 1 unspecified atom stereocenters. The molecule has 53 heavy (non-hydrogen) atoms. The number of unbranched alkanes of at least 4 members (excludes halogenated alkanes) is 17. The highest BCUT2D eigenvalue weighted by atomic mass is 19.2. The first-order valence-corrected chi connectivity index (χ1v) is 20.2. The number of halogens is 3. The maximum atomic E-state index is 14.8. The Balaban J connectivity index is 1.35. The van der Waals surface area contributed by atoms with Gasteiger partial charge in [0, 0.05) is 11.1 Å². The molecule has 0 amide bonds. The van der Waals surface area contributed by atoms with E-state index in [1.807, 2.05) is 6.92 Å². The van der Waals surface area contributed by atoms with E-state index in [-0.39, 0.29) is 30.0 Å². The van der Waals surface area contributed by atoms with Crippen molar-refractivity contribution in [3.8, 4) is 29.1 Å². The molecule has 4 nitrogen and oxygen atoms in total. The molecule has 0 heterocycles. The van der Waals surface area contributed by atoms with E-state index < -0.39 is 29.0 Å². The van der Waals surface area contributed by atoms with Crippen LogP contribution < -0.4 is 14.2 Å². The van der Waals surface area contributed by atoms with Crippen LogP contribution in [0.15, 0.2) is 54.6 Å². The first-order chi connectivity index (χ1) is 25.8. The molecule has 290 valence electrons. The van der Waals surface area contributed by atoms with Crippen LogP contribution in [0.3, 0.4) is 0 Å². The maximum Gasteiger partial charge on any atom is 0.346 e. The normalized spacial score (nSPS) is 11.5. The molecule has 7 heteroatoms. The van der Waals surface area contributed by atoms with Crippen LogP contribution in [-0.2, 0) is 0 Å². The molecule has 0 spiro atoms. The van der Waals surface area contributed by atoms with E-state index in [1.54, 1.807) is 24.3 Å². The minimum atomic E-state index is -1.31.